The molecular formula is C27H49N5O2. The Morgan fingerprint density at radius 3 is 2.12 bits per heavy atom. The normalized spacial score (nSPS) is 24.8. The van der Waals surface area contributed by atoms with E-state index in [2.05, 4.69) is 20.4 Å². The first-order valence-electron chi connectivity index (χ1n) is 14.5. The number of carbonyl (C=O) groups excluding carboxylic acids is 2. The highest BCUT2D eigenvalue weighted by Crippen LogP contribution is 2.23. The smallest absolute Gasteiger partial charge is 0.317 e. The number of rotatable bonds is 8. The molecule has 3 amide bonds. The highest BCUT2D eigenvalue weighted by molar-refractivity contribution is 5.76. The second-order valence-corrected chi connectivity index (χ2v) is 11.3. The number of urea groups is 1. The van der Waals surface area contributed by atoms with Crippen molar-refractivity contribution in [3.8, 4) is 0 Å². The lowest BCUT2D eigenvalue weighted by Gasteiger charge is -2.40. The lowest BCUT2D eigenvalue weighted by Crippen LogP contribution is -2.48. The fourth-order valence-corrected chi connectivity index (χ4v) is 6.51. The summed E-state index contributed by atoms with van der Waals surface area (Å²) in [4.78, 5) is 32.2. The van der Waals surface area contributed by atoms with Gasteiger partial charge in [0.25, 0.3) is 0 Å². The molecule has 0 spiro atoms. The van der Waals surface area contributed by atoms with Gasteiger partial charge in [0.15, 0.2) is 0 Å². The van der Waals surface area contributed by atoms with Crippen molar-refractivity contribution in [1.82, 2.24) is 25.3 Å². The molecule has 1 aliphatic carbocycles. The molecule has 3 aliphatic heterocycles. The van der Waals surface area contributed by atoms with E-state index in [4.69, 9.17) is 0 Å². The van der Waals surface area contributed by atoms with Crippen LogP contribution in [0.5, 0.6) is 0 Å². The summed E-state index contributed by atoms with van der Waals surface area (Å²) in [6.07, 6.45) is 16.4. The van der Waals surface area contributed by atoms with E-state index in [0.717, 1.165) is 64.3 Å². The van der Waals surface area contributed by atoms with Crippen LogP contribution in [0.4, 0.5) is 4.79 Å². The summed E-state index contributed by atoms with van der Waals surface area (Å²) in [5.41, 5.74) is 0. The molecule has 4 aliphatic rings. The monoisotopic (exact) mass is 475 g/mol. The number of hydrogen-bond acceptors (Lipinski definition) is 4. The van der Waals surface area contributed by atoms with Crippen molar-refractivity contribution in [2.75, 3.05) is 52.4 Å². The molecule has 3 heterocycles. The van der Waals surface area contributed by atoms with E-state index in [-0.39, 0.29) is 11.9 Å². The van der Waals surface area contributed by atoms with E-state index in [1.165, 1.54) is 77.5 Å². The lowest BCUT2D eigenvalue weighted by molar-refractivity contribution is -0.122. The maximum absolute atomic E-state index is 12.5. The molecule has 194 valence electrons. The van der Waals surface area contributed by atoms with Gasteiger partial charge in [-0.25, -0.2) is 4.79 Å². The van der Waals surface area contributed by atoms with Gasteiger partial charge in [-0.2, -0.15) is 0 Å². The molecule has 7 nitrogen and oxygen atoms in total. The molecule has 0 bridgehead atoms. The molecule has 3 saturated heterocycles. The highest BCUT2D eigenvalue weighted by Gasteiger charge is 2.27. The van der Waals surface area contributed by atoms with Crippen LogP contribution in [-0.4, -0.2) is 91.1 Å². The summed E-state index contributed by atoms with van der Waals surface area (Å²) >= 11 is 0. The van der Waals surface area contributed by atoms with Crippen molar-refractivity contribution in [2.45, 2.75) is 102 Å². The number of likely N-dealkylation sites (tertiary alicyclic amines) is 3. The molecule has 2 N–H and O–H groups in total. The van der Waals surface area contributed by atoms with Gasteiger partial charge in [0.1, 0.15) is 0 Å². The Balaban J connectivity index is 1.02. The standard InChI is InChI=1S/C27H49N5O2/c33-26(22-23-10-20-32(21-11-23)27(34)29-24-8-3-1-4-9-24)28-14-7-15-30-18-12-25(13-19-30)31-16-5-2-6-17-31/h23-25H,1-22H2,(H,28,33)(H,29,34). The Labute approximate surface area is 207 Å². The number of hydrogen-bond donors (Lipinski definition) is 2. The van der Waals surface area contributed by atoms with Crippen LogP contribution in [0.15, 0.2) is 0 Å². The molecule has 1 saturated carbocycles. The zero-order valence-electron chi connectivity index (χ0n) is 21.4. The Bertz CT molecular complexity index is 617. The average molecular weight is 476 g/mol. The number of nitrogens with zero attached hydrogens (tertiary/aromatic N) is 3. The summed E-state index contributed by atoms with van der Waals surface area (Å²) in [5.74, 6) is 0.599. The van der Waals surface area contributed by atoms with Crippen LogP contribution < -0.4 is 10.6 Å². The van der Waals surface area contributed by atoms with Crippen molar-refractivity contribution in [3.05, 3.63) is 0 Å². The van der Waals surface area contributed by atoms with Crippen LogP contribution in [-0.2, 0) is 4.79 Å². The second kappa shape index (κ2) is 13.7. The molecule has 0 unspecified atom stereocenters. The molecule has 7 heteroatoms. The number of nitrogens with one attached hydrogen (secondary N) is 2. The van der Waals surface area contributed by atoms with Crippen molar-refractivity contribution in [1.29, 1.82) is 0 Å². The second-order valence-electron chi connectivity index (χ2n) is 11.3. The molecule has 0 atom stereocenters. The molecule has 4 fully saturated rings. The summed E-state index contributed by atoms with van der Waals surface area (Å²) in [6, 6.07) is 1.28. The average Bonchev–Trinajstić information content (AvgIpc) is 2.88. The zero-order chi connectivity index (χ0) is 23.6. The van der Waals surface area contributed by atoms with E-state index in [1.807, 2.05) is 4.90 Å². The summed E-state index contributed by atoms with van der Waals surface area (Å²) in [7, 11) is 0. The van der Waals surface area contributed by atoms with E-state index in [9.17, 15) is 9.59 Å². The topological polar surface area (TPSA) is 67.9 Å². The van der Waals surface area contributed by atoms with Gasteiger partial charge in [-0.05, 0) is 96.4 Å². The molecular weight excluding hydrogens is 426 g/mol. The van der Waals surface area contributed by atoms with Gasteiger partial charge in [-0.1, -0.05) is 25.7 Å². The van der Waals surface area contributed by atoms with Crippen molar-refractivity contribution < 1.29 is 9.59 Å². The van der Waals surface area contributed by atoms with Crippen LogP contribution in [0.3, 0.4) is 0 Å². The summed E-state index contributed by atoms with van der Waals surface area (Å²) < 4.78 is 0. The highest BCUT2D eigenvalue weighted by atomic mass is 16.2. The van der Waals surface area contributed by atoms with Gasteiger partial charge >= 0.3 is 6.03 Å². The fourth-order valence-electron chi connectivity index (χ4n) is 6.51. The van der Waals surface area contributed by atoms with Crippen LogP contribution in [0.25, 0.3) is 0 Å². The van der Waals surface area contributed by atoms with E-state index < -0.39 is 0 Å². The molecule has 0 radical (unpaired) electrons. The first kappa shape index (κ1) is 25.7. The minimum atomic E-state index is 0.106. The predicted octanol–water partition coefficient (Wildman–Crippen LogP) is 3.59. The van der Waals surface area contributed by atoms with Crippen LogP contribution >= 0.6 is 0 Å². The Morgan fingerprint density at radius 2 is 1.41 bits per heavy atom. The largest absolute Gasteiger partial charge is 0.356 e. The van der Waals surface area contributed by atoms with Gasteiger partial charge in [0, 0.05) is 38.1 Å². The predicted molar refractivity (Wildman–Crippen MR) is 137 cm³/mol. The van der Waals surface area contributed by atoms with Gasteiger partial charge in [0.05, 0.1) is 0 Å². The first-order valence-corrected chi connectivity index (χ1v) is 14.5. The van der Waals surface area contributed by atoms with Gasteiger partial charge in [0.2, 0.25) is 5.91 Å². The third kappa shape index (κ3) is 8.11. The quantitative estimate of drug-likeness (QED) is 0.527. The minimum Gasteiger partial charge on any atom is -0.356 e. The van der Waals surface area contributed by atoms with E-state index >= 15 is 0 Å². The fraction of sp³-hybridized carbons (Fsp3) is 0.926. The maximum atomic E-state index is 12.5. The van der Waals surface area contributed by atoms with Crippen molar-refractivity contribution in [3.63, 3.8) is 0 Å². The summed E-state index contributed by atoms with van der Waals surface area (Å²) in [6.45, 7) is 8.49. The zero-order valence-corrected chi connectivity index (χ0v) is 21.4. The Kier molecular flexibility index (Phi) is 10.4. The SMILES string of the molecule is O=C(CC1CCN(C(=O)NC2CCCCC2)CC1)NCCCN1CCC(N2CCCCC2)CC1. The Hall–Kier alpha value is -1.34. The van der Waals surface area contributed by atoms with Crippen molar-refractivity contribution in [2.24, 2.45) is 5.92 Å². The molecule has 0 aromatic heterocycles. The van der Waals surface area contributed by atoms with Crippen LogP contribution in [0, 0.1) is 5.92 Å². The molecule has 0 aromatic rings. The third-order valence-electron chi connectivity index (χ3n) is 8.75. The summed E-state index contributed by atoms with van der Waals surface area (Å²) in [5, 5.41) is 6.38. The molecule has 34 heavy (non-hydrogen) atoms. The van der Waals surface area contributed by atoms with Crippen LogP contribution in [0.2, 0.25) is 0 Å². The van der Waals surface area contributed by atoms with E-state index in [1.54, 1.807) is 0 Å². The number of piperidine rings is 3. The molecule has 4 rings (SSSR count). The van der Waals surface area contributed by atoms with Gasteiger partial charge in [-0.15, -0.1) is 0 Å². The Morgan fingerprint density at radius 1 is 0.735 bits per heavy atom. The number of carbonyl (C=O) groups is 2. The maximum Gasteiger partial charge on any atom is 0.317 e. The van der Waals surface area contributed by atoms with E-state index in [0.29, 0.717) is 18.4 Å². The van der Waals surface area contributed by atoms with Gasteiger partial charge in [-0.3, -0.25) is 4.79 Å². The van der Waals surface area contributed by atoms with Crippen LogP contribution in [0.1, 0.15) is 89.9 Å². The third-order valence-corrected chi connectivity index (χ3v) is 8.75. The number of amides is 3. The lowest BCUT2D eigenvalue weighted by atomic mass is 9.93. The minimum absolute atomic E-state index is 0.106. The van der Waals surface area contributed by atoms with Gasteiger partial charge < -0.3 is 25.3 Å². The molecule has 0 aromatic carbocycles. The first-order chi connectivity index (χ1) is 16.7. The van der Waals surface area contributed by atoms with Crippen molar-refractivity contribution >= 4 is 11.9 Å².